The van der Waals surface area contributed by atoms with Crippen LogP contribution in [0.3, 0.4) is 0 Å². The van der Waals surface area contributed by atoms with Gasteiger partial charge in [-0.2, -0.15) is 0 Å². The summed E-state index contributed by atoms with van der Waals surface area (Å²) >= 11 is 0. The first-order valence-electron chi connectivity index (χ1n) is 5.69. The molecule has 1 aliphatic rings. The highest BCUT2D eigenvalue weighted by molar-refractivity contribution is 5.32. The van der Waals surface area contributed by atoms with E-state index in [1.807, 2.05) is 6.07 Å². The van der Waals surface area contributed by atoms with Crippen LogP contribution < -0.4 is 5.73 Å². The maximum Gasteiger partial charge on any atom is 0.115 e. The summed E-state index contributed by atoms with van der Waals surface area (Å²) in [7, 11) is 0. The van der Waals surface area contributed by atoms with E-state index in [0.717, 1.165) is 5.56 Å². The van der Waals surface area contributed by atoms with Gasteiger partial charge in [0.05, 0.1) is 0 Å². The molecule has 2 rings (SSSR count). The van der Waals surface area contributed by atoms with Gasteiger partial charge in [-0.05, 0) is 50.3 Å². The van der Waals surface area contributed by atoms with Crippen molar-refractivity contribution >= 4 is 0 Å². The Kier molecular flexibility index (Phi) is 2.66. The Hall–Kier alpha value is -1.09. The van der Waals surface area contributed by atoms with E-state index in [9.17, 15) is 9.50 Å². The molecule has 0 aliphatic heterocycles. The van der Waals surface area contributed by atoms with Crippen LogP contribution in [0, 0.1) is 0 Å². The lowest BCUT2D eigenvalue weighted by Gasteiger charge is -2.39. The molecule has 0 aromatic heterocycles. The summed E-state index contributed by atoms with van der Waals surface area (Å²) in [6.07, 6.45) is 2.23. The number of nitrogens with two attached hydrogens (primary N) is 1. The van der Waals surface area contributed by atoms with Crippen molar-refractivity contribution in [3.63, 3.8) is 0 Å². The zero-order valence-electron chi connectivity index (χ0n) is 9.54. The second-order valence-corrected chi connectivity index (χ2v) is 5.12. The third-order valence-electron chi connectivity index (χ3n) is 3.61. The smallest absolute Gasteiger partial charge is 0.115 e. The van der Waals surface area contributed by atoms with Gasteiger partial charge >= 0.3 is 0 Å². The lowest BCUT2D eigenvalue weighted by Crippen LogP contribution is -2.43. The Morgan fingerprint density at radius 2 is 1.88 bits per heavy atom. The van der Waals surface area contributed by atoms with E-state index in [2.05, 4.69) is 0 Å². The molecule has 1 saturated carbocycles. The summed E-state index contributed by atoms with van der Waals surface area (Å²) < 4.78 is 13.7. The highest BCUT2D eigenvalue weighted by Gasteiger charge is 2.39. The van der Waals surface area contributed by atoms with Crippen molar-refractivity contribution in [3.05, 3.63) is 29.8 Å². The van der Waals surface area contributed by atoms with Crippen molar-refractivity contribution in [2.45, 2.75) is 43.8 Å². The van der Waals surface area contributed by atoms with Gasteiger partial charge in [-0.15, -0.1) is 0 Å². The summed E-state index contributed by atoms with van der Waals surface area (Å²) in [6.45, 7) is 1.63. The molecular weight excluding hydrogens is 205 g/mol. The molecule has 0 atom stereocenters. The van der Waals surface area contributed by atoms with Gasteiger partial charge < -0.3 is 10.8 Å². The molecule has 0 amide bonds. The highest BCUT2D eigenvalue weighted by Crippen LogP contribution is 2.41. The van der Waals surface area contributed by atoms with Gasteiger partial charge in [0.1, 0.15) is 11.4 Å². The molecule has 2 nitrogen and oxygen atoms in total. The normalized spacial score (nSPS) is 34.9. The Morgan fingerprint density at radius 3 is 2.44 bits per heavy atom. The number of phenolic OH excluding ortho intramolecular Hbond substituents is 1. The van der Waals surface area contributed by atoms with E-state index in [1.165, 1.54) is 0 Å². The number of benzene rings is 1. The van der Waals surface area contributed by atoms with Gasteiger partial charge in [-0.1, -0.05) is 12.1 Å². The number of hydrogen-bond donors (Lipinski definition) is 2. The number of halogens is 1. The summed E-state index contributed by atoms with van der Waals surface area (Å²) in [5, 5.41) is 9.43. The van der Waals surface area contributed by atoms with E-state index in [1.54, 1.807) is 25.1 Å². The van der Waals surface area contributed by atoms with Crippen molar-refractivity contribution in [3.8, 4) is 5.75 Å². The topological polar surface area (TPSA) is 46.2 Å². The summed E-state index contributed by atoms with van der Waals surface area (Å²) in [4.78, 5) is 0. The van der Waals surface area contributed by atoms with Crippen LogP contribution in [0.1, 0.15) is 38.2 Å². The summed E-state index contributed by atoms with van der Waals surface area (Å²) in [5.74, 6) is 0.218. The molecule has 0 spiro atoms. The molecule has 3 heteroatoms. The molecule has 0 radical (unpaired) electrons. The van der Waals surface area contributed by atoms with Gasteiger partial charge in [0.15, 0.2) is 0 Å². The predicted octanol–water partition coefficient (Wildman–Crippen LogP) is 2.85. The van der Waals surface area contributed by atoms with E-state index in [0.29, 0.717) is 25.7 Å². The van der Waals surface area contributed by atoms with Crippen LogP contribution in [0.4, 0.5) is 4.39 Å². The Morgan fingerprint density at radius 1 is 1.25 bits per heavy atom. The second-order valence-electron chi connectivity index (χ2n) is 5.12. The zero-order chi connectivity index (χ0) is 11.8. The van der Waals surface area contributed by atoms with E-state index in [4.69, 9.17) is 5.73 Å². The average Bonchev–Trinajstić information content (AvgIpc) is 2.23. The van der Waals surface area contributed by atoms with Crippen LogP contribution in [-0.4, -0.2) is 10.8 Å². The van der Waals surface area contributed by atoms with Gasteiger partial charge in [0, 0.05) is 5.54 Å². The molecule has 1 aromatic rings. The van der Waals surface area contributed by atoms with Crippen molar-refractivity contribution in [2.24, 2.45) is 5.73 Å². The molecule has 1 fully saturated rings. The molecule has 0 unspecified atom stereocenters. The minimum Gasteiger partial charge on any atom is -0.508 e. The van der Waals surface area contributed by atoms with Gasteiger partial charge in [-0.25, -0.2) is 4.39 Å². The van der Waals surface area contributed by atoms with E-state index < -0.39 is 11.2 Å². The average molecular weight is 223 g/mol. The maximum absolute atomic E-state index is 13.7. The van der Waals surface area contributed by atoms with Crippen LogP contribution in [0.25, 0.3) is 0 Å². The van der Waals surface area contributed by atoms with Gasteiger partial charge in [0.25, 0.3) is 0 Å². The SMILES string of the molecule is CC1(F)CCC(N)(c2cccc(O)c2)CC1. The molecule has 0 saturated heterocycles. The number of phenols is 1. The summed E-state index contributed by atoms with van der Waals surface area (Å²) in [5.41, 5.74) is 5.63. The van der Waals surface area contributed by atoms with Crippen LogP contribution in [0.15, 0.2) is 24.3 Å². The Labute approximate surface area is 95.3 Å². The molecule has 1 aliphatic carbocycles. The first kappa shape index (κ1) is 11.4. The minimum absolute atomic E-state index is 0.218. The fourth-order valence-corrected chi connectivity index (χ4v) is 2.32. The zero-order valence-corrected chi connectivity index (χ0v) is 9.54. The van der Waals surface area contributed by atoms with Crippen molar-refractivity contribution < 1.29 is 9.50 Å². The summed E-state index contributed by atoms with van der Waals surface area (Å²) in [6, 6.07) is 6.99. The fraction of sp³-hybridized carbons (Fsp3) is 0.538. The molecule has 0 bridgehead atoms. The van der Waals surface area contributed by atoms with Crippen molar-refractivity contribution in [1.82, 2.24) is 0 Å². The van der Waals surface area contributed by atoms with Crippen LogP contribution in [-0.2, 0) is 5.54 Å². The van der Waals surface area contributed by atoms with E-state index >= 15 is 0 Å². The first-order valence-corrected chi connectivity index (χ1v) is 5.69. The monoisotopic (exact) mass is 223 g/mol. The maximum atomic E-state index is 13.7. The number of aromatic hydroxyl groups is 1. The van der Waals surface area contributed by atoms with Crippen molar-refractivity contribution in [2.75, 3.05) is 0 Å². The van der Waals surface area contributed by atoms with Crippen molar-refractivity contribution in [1.29, 1.82) is 0 Å². The standard InChI is InChI=1S/C13H18FNO/c1-12(14)5-7-13(15,8-6-12)10-3-2-4-11(16)9-10/h2-4,9,16H,5-8,15H2,1H3. The first-order chi connectivity index (χ1) is 7.41. The lowest BCUT2D eigenvalue weighted by molar-refractivity contribution is 0.0897. The Balaban J connectivity index is 2.21. The quantitative estimate of drug-likeness (QED) is 0.769. The molecule has 0 heterocycles. The molecule has 88 valence electrons. The highest BCUT2D eigenvalue weighted by atomic mass is 19.1. The second kappa shape index (κ2) is 3.74. The molecular formula is C13H18FNO. The largest absolute Gasteiger partial charge is 0.508 e. The fourth-order valence-electron chi connectivity index (χ4n) is 2.32. The molecule has 1 aromatic carbocycles. The lowest BCUT2D eigenvalue weighted by atomic mass is 9.73. The third kappa shape index (κ3) is 2.19. The molecule has 16 heavy (non-hydrogen) atoms. The predicted molar refractivity (Wildman–Crippen MR) is 62.0 cm³/mol. The molecule has 3 N–H and O–H groups in total. The van der Waals surface area contributed by atoms with Gasteiger partial charge in [0.2, 0.25) is 0 Å². The Bertz CT molecular complexity index is 379. The van der Waals surface area contributed by atoms with Crippen LogP contribution in [0.5, 0.6) is 5.75 Å². The van der Waals surface area contributed by atoms with E-state index in [-0.39, 0.29) is 5.75 Å². The van der Waals surface area contributed by atoms with Gasteiger partial charge in [-0.3, -0.25) is 0 Å². The third-order valence-corrected chi connectivity index (χ3v) is 3.61. The number of rotatable bonds is 1. The number of alkyl halides is 1. The van der Waals surface area contributed by atoms with Crippen LogP contribution in [0.2, 0.25) is 0 Å². The van der Waals surface area contributed by atoms with Crippen LogP contribution >= 0.6 is 0 Å². The minimum atomic E-state index is -1.08. The number of hydrogen-bond acceptors (Lipinski definition) is 2.